The smallest absolute Gasteiger partial charge is 0.134 e. The number of fused-ring (bicyclic) bond motifs is 1. The number of likely N-dealkylation sites (tertiary alicyclic amines) is 1. The molecule has 102 valence electrons. The van der Waals surface area contributed by atoms with Crippen LogP contribution in [0.15, 0.2) is 22.6 Å². The quantitative estimate of drug-likeness (QED) is 0.853. The Morgan fingerprint density at radius 1 is 1.47 bits per heavy atom. The highest BCUT2D eigenvalue weighted by Crippen LogP contribution is 2.30. The second-order valence-corrected chi connectivity index (χ2v) is 5.91. The van der Waals surface area contributed by atoms with Crippen LogP contribution in [0.5, 0.6) is 5.75 Å². The molecule has 19 heavy (non-hydrogen) atoms. The Kier molecular flexibility index (Phi) is 3.42. The maximum absolute atomic E-state index is 9.64. The number of hydrogen-bond donors (Lipinski definition) is 1. The van der Waals surface area contributed by atoms with Gasteiger partial charge in [-0.2, -0.15) is 0 Å². The van der Waals surface area contributed by atoms with Gasteiger partial charge in [0.05, 0.1) is 0 Å². The molecule has 0 spiro atoms. The number of benzene rings is 1. The van der Waals surface area contributed by atoms with Crippen LogP contribution in [0.4, 0.5) is 0 Å². The van der Waals surface area contributed by atoms with Crippen molar-refractivity contribution >= 4 is 22.6 Å². The van der Waals surface area contributed by atoms with Crippen LogP contribution in [0.2, 0.25) is 0 Å². The molecule has 1 aliphatic rings. The van der Waals surface area contributed by atoms with E-state index in [2.05, 4.69) is 4.90 Å². The summed E-state index contributed by atoms with van der Waals surface area (Å²) in [6.07, 6.45) is 2.25. The number of phenols is 1. The topological polar surface area (TPSA) is 36.6 Å². The van der Waals surface area contributed by atoms with Gasteiger partial charge in [0.25, 0.3) is 0 Å². The van der Waals surface area contributed by atoms with Gasteiger partial charge in [-0.05, 0) is 44.5 Å². The summed E-state index contributed by atoms with van der Waals surface area (Å²) in [6.45, 7) is 4.82. The average molecular weight is 280 g/mol. The predicted molar refractivity (Wildman–Crippen MR) is 76.8 cm³/mol. The summed E-state index contributed by atoms with van der Waals surface area (Å²) < 4.78 is 5.75. The van der Waals surface area contributed by atoms with E-state index in [9.17, 15) is 5.11 Å². The van der Waals surface area contributed by atoms with Crippen LogP contribution in [0.3, 0.4) is 0 Å². The Labute approximate surface area is 117 Å². The summed E-state index contributed by atoms with van der Waals surface area (Å²) >= 11 is 6.23. The van der Waals surface area contributed by atoms with E-state index in [-0.39, 0.29) is 11.1 Å². The largest absolute Gasteiger partial charge is 0.508 e. The van der Waals surface area contributed by atoms with Crippen molar-refractivity contribution in [3.63, 3.8) is 0 Å². The van der Waals surface area contributed by atoms with Crippen LogP contribution in [0.25, 0.3) is 11.0 Å². The average Bonchev–Trinajstić information content (AvgIpc) is 2.66. The number of phenolic OH excluding ortho intramolecular Hbond substituents is 1. The summed E-state index contributed by atoms with van der Waals surface area (Å²) in [6, 6.07) is 5.26. The molecular formula is C15H18ClNO2. The number of aryl methyl sites for hydroxylation is 1. The van der Waals surface area contributed by atoms with Gasteiger partial charge in [0.15, 0.2) is 0 Å². The van der Waals surface area contributed by atoms with Crippen molar-refractivity contribution in [1.82, 2.24) is 4.90 Å². The molecule has 1 saturated heterocycles. The van der Waals surface area contributed by atoms with Crippen molar-refractivity contribution in [3.8, 4) is 5.75 Å². The molecule has 0 saturated carbocycles. The Morgan fingerprint density at radius 2 is 2.32 bits per heavy atom. The molecule has 0 radical (unpaired) electrons. The third kappa shape index (κ3) is 2.58. The molecule has 3 rings (SSSR count). The maximum atomic E-state index is 9.64. The minimum Gasteiger partial charge on any atom is -0.508 e. The number of nitrogens with zero attached hydrogens (tertiary/aromatic N) is 1. The fourth-order valence-electron chi connectivity index (χ4n) is 2.82. The van der Waals surface area contributed by atoms with Crippen molar-refractivity contribution in [1.29, 1.82) is 0 Å². The summed E-state index contributed by atoms with van der Waals surface area (Å²) in [7, 11) is 0. The second-order valence-electron chi connectivity index (χ2n) is 5.29. The fraction of sp³-hybridized carbons (Fsp3) is 0.467. The van der Waals surface area contributed by atoms with E-state index in [1.54, 1.807) is 12.1 Å². The van der Waals surface area contributed by atoms with Crippen molar-refractivity contribution in [3.05, 3.63) is 29.5 Å². The van der Waals surface area contributed by atoms with E-state index in [1.165, 1.54) is 0 Å². The Hall–Kier alpha value is -1.19. The lowest BCUT2D eigenvalue weighted by Crippen LogP contribution is -2.35. The van der Waals surface area contributed by atoms with Crippen LogP contribution >= 0.6 is 11.6 Å². The van der Waals surface area contributed by atoms with Gasteiger partial charge in [-0.3, -0.25) is 4.90 Å². The SMILES string of the molecule is Cc1oc2ccc(O)cc2c1CN1CCC[C@@H](Cl)C1. The van der Waals surface area contributed by atoms with Gasteiger partial charge in [0.2, 0.25) is 0 Å². The number of hydrogen-bond acceptors (Lipinski definition) is 3. The zero-order valence-electron chi connectivity index (χ0n) is 11.0. The van der Waals surface area contributed by atoms with E-state index < -0.39 is 0 Å². The number of aromatic hydroxyl groups is 1. The molecule has 0 bridgehead atoms. The van der Waals surface area contributed by atoms with Crippen LogP contribution in [0.1, 0.15) is 24.2 Å². The Morgan fingerprint density at radius 3 is 3.11 bits per heavy atom. The van der Waals surface area contributed by atoms with Crippen molar-refractivity contribution < 1.29 is 9.52 Å². The van der Waals surface area contributed by atoms with E-state index in [0.717, 1.165) is 54.8 Å². The molecule has 1 atom stereocenters. The first-order valence-electron chi connectivity index (χ1n) is 6.71. The Bertz CT molecular complexity index is 593. The highest BCUT2D eigenvalue weighted by Gasteiger charge is 2.20. The summed E-state index contributed by atoms with van der Waals surface area (Å²) in [5.41, 5.74) is 2.00. The third-order valence-corrected chi connectivity index (χ3v) is 4.16. The van der Waals surface area contributed by atoms with Crippen LogP contribution in [0, 0.1) is 6.92 Å². The molecule has 1 aromatic carbocycles. The highest BCUT2D eigenvalue weighted by atomic mass is 35.5. The maximum Gasteiger partial charge on any atom is 0.134 e. The number of piperidine rings is 1. The molecule has 2 aromatic rings. The molecule has 0 unspecified atom stereocenters. The summed E-state index contributed by atoms with van der Waals surface area (Å²) in [5, 5.41) is 10.9. The van der Waals surface area contributed by atoms with Gasteiger partial charge in [-0.15, -0.1) is 11.6 Å². The first-order chi connectivity index (χ1) is 9.13. The predicted octanol–water partition coefficient (Wildman–Crippen LogP) is 3.65. The molecule has 1 fully saturated rings. The summed E-state index contributed by atoms with van der Waals surface area (Å²) in [4.78, 5) is 2.36. The molecule has 1 aliphatic heterocycles. The van der Waals surface area contributed by atoms with Crippen molar-refractivity contribution in [2.24, 2.45) is 0 Å². The number of alkyl halides is 1. The lowest BCUT2D eigenvalue weighted by Gasteiger charge is -2.29. The second kappa shape index (κ2) is 5.06. The van der Waals surface area contributed by atoms with Crippen LogP contribution in [-0.4, -0.2) is 28.5 Å². The lowest BCUT2D eigenvalue weighted by atomic mass is 10.1. The zero-order chi connectivity index (χ0) is 13.4. The van der Waals surface area contributed by atoms with Crippen molar-refractivity contribution in [2.75, 3.05) is 13.1 Å². The molecule has 3 nitrogen and oxygen atoms in total. The van der Waals surface area contributed by atoms with Crippen LogP contribution < -0.4 is 0 Å². The van der Waals surface area contributed by atoms with Gasteiger partial charge in [-0.1, -0.05) is 0 Å². The highest BCUT2D eigenvalue weighted by molar-refractivity contribution is 6.20. The first kappa shape index (κ1) is 12.8. The Balaban J connectivity index is 1.91. The normalized spacial score (nSPS) is 21.1. The third-order valence-electron chi connectivity index (χ3n) is 3.81. The standard InChI is InChI=1S/C15H18ClNO2/c1-10-14(9-17-6-2-3-11(16)8-17)13-7-12(18)4-5-15(13)19-10/h4-5,7,11,18H,2-3,6,8-9H2,1H3/t11-/m1/s1. The molecule has 1 N–H and O–H groups in total. The van der Waals surface area contributed by atoms with Gasteiger partial charge in [0.1, 0.15) is 17.1 Å². The van der Waals surface area contributed by atoms with Crippen molar-refractivity contribution in [2.45, 2.75) is 31.7 Å². The molecule has 0 amide bonds. The van der Waals surface area contributed by atoms with Crippen LogP contribution in [-0.2, 0) is 6.54 Å². The van der Waals surface area contributed by atoms with Gasteiger partial charge < -0.3 is 9.52 Å². The first-order valence-corrected chi connectivity index (χ1v) is 7.14. The van der Waals surface area contributed by atoms with Gasteiger partial charge >= 0.3 is 0 Å². The minimum absolute atomic E-state index is 0.251. The summed E-state index contributed by atoms with van der Waals surface area (Å²) in [5.74, 6) is 1.21. The van der Waals surface area contributed by atoms with Gasteiger partial charge in [0, 0.05) is 29.4 Å². The van der Waals surface area contributed by atoms with E-state index in [4.69, 9.17) is 16.0 Å². The molecule has 2 heterocycles. The fourth-order valence-corrected chi connectivity index (χ4v) is 3.17. The molecule has 1 aromatic heterocycles. The zero-order valence-corrected chi connectivity index (χ0v) is 11.8. The molecular weight excluding hydrogens is 262 g/mol. The van der Waals surface area contributed by atoms with E-state index in [0.29, 0.717) is 0 Å². The molecule has 4 heteroatoms. The minimum atomic E-state index is 0.251. The lowest BCUT2D eigenvalue weighted by molar-refractivity contribution is 0.223. The molecule has 0 aliphatic carbocycles. The van der Waals surface area contributed by atoms with Gasteiger partial charge in [-0.25, -0.2) is 0 Å². The van der Waals surface area contributed by atoms with E-state index >= 15 is 0 Å². The number of furan rings is 1. The number of rotatable bonds is 2. The van der Waals surface area contributed by atoms with E-state index in [1.807, 2.05) is 13.0 Å². The number of halogens is 1. The monoisotopic (exact) mass is 279 g/mol.